The molecule has 0 unspecified atom stereocenters. The molecule has 0 nitrogen and oxygen atoms in total. The van der Waals surface area contributed by atoms with E-state index in [1.165, 1.54) is 0 Å². The average Bonchev–Trinajstić information content (AvgIpc) is 2.48. The predicted molar refractivity (Wildman–Crippen MR) is 38.0 cm³/mol. The molecule has 0 aromatic heterocycles. The maximum Gasteiger partial charge on any atom is 0.454 e. The first-order valence-electron chi connectivity index (χ1n) is 4.47. The second kappa shape index (κ2) is 3.46. The molecule has 0 heterocycles. The predicted octanol–water partition coefficient (Wildman–Crippen LogP) is 4.31. The summed E-state index contributed by atoms with van der Waals surface area (Å²) >= 11 is 0. The maximum atomic E-state index is 12.9. The third-order valence-corrected chi connectivity index (χ3v) is 2.96. The number of hydrogen-bond acceptors (Lipinski definition) is 0. The molecule has 1 fully saturated rings. The van der Waals surface area contributed by atoms with Crippen LogP contribution < -0.4 is 0 Å². The minimum Gasteiger partial charge on any atom is -0.195 e. The number of rotatable bonds is 1. The normalized spacial score (nSPS) is 22.5. The summed E-state index contributed by atoms with van der Waals surface area (Å²) in [4.78, 5) is 0. The summed E-state index contributed by atoms with van der Waals surface area (Å²) in [5, 5.41) is 0. The fraction of sp³-hybridized carbons (Fsp3) is 1.00. The summed E-state index contributed by atoms with van der Waals surface area (Å²) in [5.41, 5.74) is -3.95. The number of hydrogen-bond donors (Lipinski definition) is 0. The van der Waals surface area contributed by atoms with Crippen LogP contribution in [0.25, 0.3) is 0 Å². The molecule has 0 saturated heterocycles. The van der Waals surface area contributed by atoms with Crippen LogP contribution in [0.2, 0.25) is 0 Å². The maximum absolute atomic E-state index is 12.9. The molecule has 1 aliphatic rings. The van der Waals surface area contributed by atoms with Crippen molar-refractivity contribution < 1.29 is 35.1 Å². The van der Waals surface area contributed by atoms with Crippen LogP contribution in [0, 0.1) is 5.41 Å². The van der Waals surface area contributed by atoms with Crippen LogP contribution in [0.4, 0.5) is 35.1 Å². The molecule has 96 valence electrons. The Hall–Kier alpha value is -0.560. The largest absolute Gasteiger partial charge is 0.454 e. The SMILES string of the molecule is FC(F)(F)C(F)(F)C1(C(F)(F)F)CCCC1. The molecule has 0 aliphatic heterocycles. The van der Waals surface area contributed by atoms with Crippen molar-refractivity contribution in [2.45, 2.75) is 44.0 Å². The number of alkyl halides is 8. The van der Waals surface area contributed by atoms with E-state index in [4.69, 9.17) is 0 Å². The van der Waals surface area contributed by atoms with E-state index < -0.39 is 36.5 Å². The molecule has 1 saturated carbocycles. The summed E-state index contributed by atoms with van der Waals surface area (Å²) in [6, 6.07) is 0. The Bertz CT molecular complexity index is 254. The first-order chi connectivity index (χ1) is 6.96. The molecule has 0 N–H and O–H groups in total. The van der Waals surface area contributed by atoms with Crippen molar-refractivity contribution in [1.29, 1.82) is 0 Å². The monoisotopic (exact) mass is 256 g/mol. The van der Waals surface area contributed by atoms with Crippen molar-refractivity contribution >= 4 is 0 Å². The minimum atomic E-state index is -6.17. The lowest BCUT2D eigenvalue weighted by Gasteiger charge is -2.39. The zero-order chi connectivity index (χ0) is 12.8. The van der Waals surface area contributed by atoms with Gasteiger partial charge < -0.3 is 0 Å². The molecule has 0 radical (unpaired) electrons. The summed E-state index contributed by atoms with van der Waals surface area (Å²) in [6.45, 7) is 0. The summed E-state index contributed by atoms with van der Waals surface area (Å²) in [7, 11) is 0. The zero-order valence-corrected chi connectivity index (χ0v) is 7.85. The molecule has 0 spiro atoms. The average molecular weight is 256 g/mol. The van der Waals surface area contributed by atoms with E-state index in [-0.39, 0.29) is 12.8 Å². The van der Waals surface area contributed by atoms with Gasteiger partial charge in [0.15, 0.2) is 0 Å². The molecule has 0 aromatic rings. The smallest absolute Gasteiger partial charge is 0.195 e. The molecular formula is C8H8F8. The molecule has 0 aromatic carbocycles. The Labute approximate surface area is 85.6 Å². The van der Waals surface area contributed by atoms with Gasteiger partial charge in [-0.25, -0.2) is 0 Å². The minimum absolute atomic E-state index is 0.273. The van der Waals surface area contributed by atoms with Gasteiger partial charge in [0.05, 0.1) is 0 Å². The van der Waals surface area contributed by atoms with Gasteiger partial charge in [-0.1, -0.05) is 12.8 Å². The Morgan fingerprint density at radius 3 is 1.31 bits per heavy atom. The van der Waals surface area contributed by atoms with Crippen LogP contribution in [-0.4, -0.2) is 18.3 Å². The van der Waals surface area contributed by atoms with Crippen LogP contribution in [0.3, 0.4) is 0 Å². The fourth-order valence-corrected chi connectivity index (χ4v) is 2.03. The highest BCUT2D eigenvalue weighted by Gasteiger charge is 2.79. The third-order valence-electron chi connectivity index (χ3n) is 2.96. The van der Waals surface area contributed by atoms with Gasteiger partial charge in [-0.2, -0.15) is 35.1 Å². The van der Waals surface area contributed by atoms with Crippen LogP contribution >= 0.6 is 0 Å². The summed E-state index contributed by atoms with van der Waals surface area (Å²) in [5.74, 6) is -5.73. The third kappa shape index (κ3) is 1.66. The van der Waals surface area contributed by atoms with E-state index in [0.29, 0.717) is 0 Å². The standard InChI is InChI=1S/C8H8F8/c9-6(10,8(14,15)16)5(7(11,12)13)3-1-2-4-5/h1-4H2. The summed E-state index contributed by atoms with van der Waals surface area (Å²) < 4.78 is 99.3. The molecule has 0 amide bonds. The van der Waals surface area contributed by atoms with Crippen LogP contribution in [0.5, 0.6) is 0 Å². The lowest BCUT2D eigenvalue weighted by molar-refractivity contribution is -0.383. The van der Waals surface area contributed by atoms with Gasteiger partial charge in [0.1, 0.15) is 5.41 Å². The lowest BCUT2D eigenvalue weighted by atomic mass is 9.78. The van der Waals surface area contributed by atoms with E-state index in [1.54, 1.807) is 0 Å². The van der Waals surface area contributed by atoms with Gasteiger partial charge in [0.2, 0.25) is 0 Å². The first kappa shape index (κ1) is 13.5. The van der Waals surface area contributed by atoms with Crippen molar-refractivity contribution in [2.24, 2.45) is 5.41 Å². The van der Waals surface area contributed by atoms with Gasteiger partial charge in [0.25, 0.3) is 0 Å². The zero-order valence-electron chi connectivity index (χ0n) is 7.85. The van der Waals surface area contributed by atoms with Crippen molar-refractivity contribution in [1.82, 2.24) is 0 Å². The molecular weight excluding hydrogens is 248 g/mol. The van der Waals surface area contributed by atoms with Gasteiger partial charge in [-0.15, -0.1) is 0 Å². The van der Waals surface area contributed by atoms with Crippen molar-refractivity contribution in [2.75, 3.05) is 0 Å². The van der Waals surface area contributed by atoms with E-state index in [2.05, 4.69) is 0 Å². The van der Waals surface area contributed by atoms with Gasteiger partial charge in [-0.3, -0.25) is 0 Å². The second-order valence-electron chi connectivity index (χ2n) is 3.86. The molecule has 1 rings (SSSR count). The van der Waals surface area contributed by atoms with Crippen molar-refractivity contribution in [3.8, 4) is 0 Å². The topological polar surface area (TPSA) is 0 Å². The molecule has 0 bridgehead atoms. The van der Waals surface area contributed by atoms with Gasteiger partial charge in [-0.05, 0) is 12.8 Å². The van der Waals surface area contributed by atoms with Crippen LogP contribution in [-0.2, 0) is 0 Å². The highest BCUT2D eigenvalue weighted by Crippen LogP contribution is 2.63. The second-order valence-corrected chi connectivity index (χ2v) is 3.86. The molecule has 16 heavy (non-hydrogen) atoms. The Morgan fingerprint density at radius 2 is 1.06 bits per heavy atom. The fourth-order valence-electron chi connectivity index (χ4n) is 2.03. The van der Waals surface area contributed by atoms with Crippen molar-refractivity contribution in [3.05, 3.63) is 0 Å². The Morgan fingerprint density at radius 1 is 0.688 bits per heavy atom. The Kier molecular flexibility index (Phi) is 2.92. The highest BCUT2D eigenvalue weighted by atomic mass is 19.4. The highest BCUT2D eigenvalue weighted by molar-refractivity contribution is 5.04. The quantitative estimate of drug-likeness (QED) is 0.613. The molecule has 8 heteroatoms. The van der Waals surface area contributed by atoms with E-state index in [9.17, 15) is 35.1 Å². The number of halogens is 8. The lowest BCUT2D eigenvalue weighted by Crippen LogP contribution is -2.57. The summed E-state index contributed by atoms with van der Waals surface area (Å²) in [6.07, 6.45) is -14.6. The van der Waals surface area contributed by atoms with Gasteiger partial charge >= 0.3 is 18.3 Å². The molecule has 1 aliphatic carbocycles. The van der Waals surface area contributed by atoms with E-state index >= 15 is 0 Å². The van der Waals surface area contributed by atoms with E-state index in [0.717, 1.165) is 0 Å². The Balaban J connectivity index is 3.23. The van der Waals surface area contributed by atoms with Crippen molar-refractivity contribution in [3.63, 3.8) is 0 Å². The van der Waals surface area contributed by atoms with Gasteiger partial charge in [0, 0.05) is 0 Å². The molecule has 0 atom stereocenters. The van der Waals surface area contributed by atoms with Crippen LogP contribution in [0.15, 0.2) is 0 Å². The first-order valence-corrected chi connectivity index (χ1v) is 4.47. The van der Waals surface area contributed by atoms with Crippen LogP contribution in [0.1, 0.15) is 25.7 Å². The van der Waals surface area contributed by atoms with E-state index in [1.807, 2.05) is 0 Å².